The van der Waals surface area contributed by atoms with Crippen molar-refractivity contribution < 1.29 is 14.4 Å². The normalized spacial score (nSPS) is 37.8. The fourth-order valence-electron chi connectivity index (χ4n) is 7.66. The molecule has 4 bridgehead atoms. The number of hydrogen-bond acceptors (Lipinski definition) is 3. The molecule has 6 heteroatoms. The Morgan fingerprint density at radius 2 is 1.71 bits per heavy atom. The molecule has 0 unspecified atom stereocenters. The van der Waals surface area contributed by atoms with E-state index in [0.29, 0.717) is 0 Å². The SMILES string of the molecule is C[C@@]1(c2ccc3c(c2)CCC3)NC(=O)N(CC(=O)NC23CC4CC(CC(C4)C2)C3)C1=O. The first-order valence-corrected chi connectivity index (χ1v) is 11.9. The third-order valence-electron chi connectivity index (χ3n) is 8.70. The van der Waals surface area contributed by atoms with Crippen LogP contribution in [-0.4, -0.2) is 34.8 Å². The van der Waals surface area contributed by atoms with Gasteiger partial charge in [0.2, 0.25) is 5.91 Å². The smallest absolute Gasteiger partial charge is 0.325 e. The first-order valence-electron chi connectivity index (χ1n) is 11.9. The van der Waals surface area contributed by atoms with Crippen LogP contribution in [-0.2, 0) is 28.0 Å². The lowest BCUT2D eigenvalue weighted by Crippen LogP contribution is -2.61. The van der Waals surface area contributed by atoms with Crippen molar-refractivity contribution in [3.63, 3.8) is 0 Å². The topological polar surface area (TPSA) is 78.5 Å². The molecular formula is C25H31N3O3. The molecule has 164 valence electrons. The summed E-state index contributed by atoms with van der Waals surface area (Å²) in [5, 5.41) is 6.14. The Labute approximate surface area is 183 Å². The van der Waals surface area contributed by atoms with Crippen molar-refractivity contribution in [3.8, 4) is 0 Å². The first kappa shape index (κ1) is 19.3. The van der Waals surface area contributed by atoms with E-state index in [1.165, 1.54) is 30.4 Å². The Morgan fingerprint density at radius 1 is 1.06 bits per heavy atom. The average molecular weight is 422 g/mol. The minimum Gasteiger partial charge on any atom is -0.349 e. The number of carbonyl (C=O) groups excluding carboxylic acids is 3. The van der Waals surface area contributed by atoms with Crippen LogP contribution in [0.25, 0.3) is 0 Å². The summed E-state index contributed by atoms with van der Waals surface area (Å²) >= 11 is 0. The highest BCUT2D eigenvalue weighted by molar-refractivity contribution is 6.09. The van der Waals surface area contributed by atoms with Gasteiger partial charge in [-0.15, -0.1) is 0 Å². The summed E-state index contributed by atoms with van der Waals surface area (Å²) in [6, 6.07) is 5.60. The van der Waals surface area contributed by atoms with E-state index in [-0.39, 0.29) is 23.9 Å². The molecule has 1 aromatic rings. The molecule has 1 saturated heterocycles. The van der Waals surface area contributed by atoms with Crippen LogP contribution in [0.15, 0.2) is 18.2 Å². The summed E-state index contributed by atoms with van der Waals surface area (Å²) < 4.78 is 0. The second kappa shape index (κ2) is 6.57. The van der Waals surface area contributed by atoms with E-state index in [9.17, 15) is 14.4 Å². The number of carbonyl (C=O) groups is 3. The Kier molecular flexibility index (Phi) is 4.09. The molecule has 5 aliphatic carbocycles. The second-order valence-corrected chi connectivity index (χ2v) is 11.0. The van der Waals surface area contributed by atoms with Crippen LogP contribution in [0.3, 0.4) is 0 Å². The third-order valence-corrected chi connectivity index (χ3v) is 8.70. The first-order chi connectivity index (χ1) is 14.8. The molecule has 2 N–H and O–H groups in total. The molecule has 1 aromatic carbocycles. The summed E-state index contributed by atoms with van der Waals surface area (Å²) in [6.07, 6.45) is 10.3. The van der Waals surface area contributed by atoms with E-state index < -0.39 is 11.6 Å². The van der Waals surface area contributed by atoms with Crippen LogP contribution in [0.4, 0.5) is 4.79 Å². The molecular weight excluding hydrogens is 390 g/mol. The lowest BCUT2D eigenvalue weighted by molar-refractivity contribution is -0.136. The highest BCUT2D eigenvalue weighted by Gasteiger charge is 2.53. The molecule has 5 fully saturated rings. The largest absolute Gasteiger partial charge is 0.349 e. The summed E-state index contributed by atoms with van der Waals surface area (Å²) in [6.45, 7) is 1.55. The monoisotopic (exact) mass is 421 g/mol. The lowest BCUT2D eigenvalue weighted by atomic mass is 9.53. The lowest BCUT2D eigenvalue weighted by Gasteiger charge is -2.56. The van der Waals surface area contributed by atoms with E-state index in [1.807, 2.05) is 6.07 Å². The molecule has 1 aliphatic heterocycles. The van der Waals surface area contributed by atoms with Crippen LogP contribution in [0.5, 0.6) is 0 Å². The molecule has 6 aliphatic rings. The van der Waals surface area contributed by atoms with Crippen molar-refractivity contribution in [1.82, 2.24) is 15.5 Å². The Morgan fingerprint density at radius 3 is 2.39 bits per heavy atom. The maximum absolute atomic E-state index is 13.3. The molecule has 0 spiro atoms. The van der Waals surface area contributed by atoms with E-state index in [1.54, 1.807) is 6.92 Å². The van der Waals surface area contributed by atoms with E-state index >= 15 is 0 Å². The van der Waals surface area contributed by atoms with Gasteiger partial charge >= 0.3 is 6.03 Å². The number of rotatable bonds is 4. The van der Waals surface area contributed by atoms with Gasteiger partial charge in [-0.05, 0) is 99.2 Å². The van der Waals surface area contributed by atoms with Gasteiger partial charge in [-0.3, -0.25) is 14.5 Å². The zero-order valence-electron chi connectivity index (χ0n) is 18.2. The van der Waals surface area contributed by atoms with Gasteiger partial charge in [0.15, 0.2) is 0 Å². The number of urea groups is 1. The van der Waals surface area contributed by atoms with Crippen molar-refractivity contribution >= 4 is 17.8 Å². The van der Waals surface area contributed by atoms with E-state index in [2.05, 4.69) is 22.8 Å². The summed E-state index contributed by atoms with van der Waals surface area (Å²) in [4.78, 5) is 40.1. The zero-order chi connectivity index (χ0) is 21.4. The van der Waals surface area contributed by atoms with Crippen molar-refractivity contribution in [1.29, 1.82) is 0 Å². The van der Waals surface area contributed by atoms with Gasteiger partial charge in [-0.2, -0.15) is 0 Å². The van der Waals surface area contributed by atoms with Gasteiger partial charge in [-0.1, -0.05) is 18.2 Å². The molecule has 0 radical (unpaired) electrons. The van der Waals surface area contributed by atoms with E-state index in [0.717, 1.165) is 66.7 Å². The second-order valence-electron chi connectivity index (χ2n) is 11.0. The molecule has 7 rings (SSSR count). The van der Waals surface area contributed by atoms with Gasteiger partial charge in [0, 0.05) is 5.54 Å². The zero-order valence-corrected chi connectivity index (χ0v) is 18.2. The van der Waals surface area contributed by atoms with Gasteiger partial charge in [0.1, 0.15) is 12.1 Å². The Hall–Kier alpha value is -2.37. The number of aryl methyl sites for hydroxylation is 2. The van der Waals surface area contributed by atoms with Crippen LogP contribution in [0.2, 0.25) is 0 Å². The minimum absolute atomic E-state index is 0.117. The predicted octanol–water partition coefficient (Wildman–Crippen LogP) is 3.03. The van der Waals surface area contributed by atoms with Crippen LogP contribution in [0, 0.1) is 17.8 Å². The number of nitrogens with one attached hydrogen (secondary N) is 2. The van der Waals surface area contributed by atoms with Crippen LogP contribution < -0.4 is 10.6 Å². The molecule has 1 heterocycles. The van der Waals surface area contributed by atoms with Crippen molar-refractivity contribution in [2.75, 3.05) is 6.54 Å². The Balaban J connectivity index is 1.18. The number of amides is 4. The number of nitrogens with zero attached hydrogens (tertiary/aromatic N) is 1. The molecule has 1 atom stereocenters. The fourth-order valence-corrected chi connectivity index (χ4v) is 7.66. The third kappa shape index (κ3) is 3.01. The van der Waals surface area contributed by atoms with Crippen molar-refractivity contribution in [2.45, 2.75) is 75.8 Å². The fraction of sp³-hybridized carbons (Fsp3) is 0.640. The van der Waals surface area contributed by atoms with Gasteiger partial charge in [-0.25, -0.2) is 4.79 Å². The summed E-state index contributed by atoms with van der Waals surface area (Å²) in [5.74, 6) is 1.64. The highest BCUT2D eigenvalue weighted by Crippen LogP contribution is 2.55. The number of hydrogen-bond donors (Lipinski definition) is 2. The van der Waals surface area contributed by atoms with Gasteiger partial charge < -0.3 is 10.6 Å². The maximum Gasteiger partial charge on any atom is 0.325 e. The maximum atomic E-state index is 13.3. The molecule has 0 aromatic heterocycles. The van der Waals surface area contributed by atoms with Gasteiger partial charge in [0.05, 0.1) is 0 Å². The molecule has 31 heavy (non-hydrogen) atoms. The molecule has 4 amide bonds. The average Bonchev–Trinajstić information content (AvgIpc) is 3.25. The number of fused-ring (bicyclic) bond motifs is 1. The standard InChI is InChI=1S/C25H31N3O3/c1-24(20-6-5-18-3-2-4-19(18)10-20)22(30)28(23(31)27-24)14-21(29)26-25-11-15-7-16(12-25)9-17(8-15)13-25/h5-6,10,15-17H,2-4,7-9,11-14H2,1H3,(H,26,29)(H,27,31)/t15?,16?,17?,24-,25?/m0/s1. The summed E-state index contributed by atoms with van der Waals surface area (Å²) in [5.41, 5.74) is 2.16. The highest BCUT2D eigenvalue weighted by atomic mass is 16.2. The van der Waals surface area contributed by atoms with Gasteiger partial charge in [0.25, 0.3) is 5.91 Å². The number of benzene rings is 1. The quantitative estimate of drug-likeness (QED) is 0.734. The van der Waals surface area contributed by atoms with Crippen LogP contribution >= 0.6 is 0 Å². The van der Waals surface area contributed by atoms with E-state index in [4.69, 9.17) is 0 Å². The van der Waals surface area contributed by atoms with Crippen LogP contribution in [0.1, 0.15) is 68.6 Å². The summed E-state index contributed by atoms with van der Waals surface area (Å²) in [7, 11) is 0. The minimum atomic E-state index is -1.12. The molecule has 6 nitrogen and oxygen atoms in total. The van der Waals surface area contributed by atoms with Crippen molar-refractivity contribution in [3.05, 3.63) is 34.9 Å². The molecule has 4 saturated carbocycles. The predicted molar refractivity (Wildman–Crippen MR) is 115 cm³/mol. The van der Waals surface area contributed by atoms with Crippen molar-refractivity contribution in [2.24, 2.45) is 17.8 Å². The number of imide groups is 1. The Bertz CT molecular complexity index is 951.